The van der Waals surface area contributed by atoms with Crippen LogP contribution in [0.5, 0.6) is 0 Å². The number of aromatic nitrogens is 3. The molecule has 0 bridgehead atoms. The molecule has 3 aromatic rings. The topological polar surface area (TPSA) is 106 Å². The number of hydrogen-bond donors (Lipinski definition) is 1. The quantitative estimate of drug-likeness (QED) is 0.708. The largest absolute Gasteiger partial charge is 0.353 e. The number of rotatable bonds is 4. The average Bonchev–Trinajstić information content (AvgIpc) is 3.29. The summed E-state index contributed by atoms with van der Waals surface area (Å²) in [5.74, 6) is 0.808. The Balaban J connectivity index is 1.38. The molecule has 1 saturated heterocycles. The summed E-state index contributed by atoms with van der Waals surface area (Å²) in [6, 6.07) is 10.8. The minimum Gasteiger partial charge on any atom is -0.353 e. The number of anilines is 1. The minimum absolute atomic E-state index is 0.0456. The third kappa shape index (κ3) is 3.14. The summed E-state index contributed by atoms with van der Waals surface area (Å²) in [7, 11) is -3.45. The molecular weight excluding hydrogens is 388 g/mol. The molecule has 0 radical (unpaired) electrons. The molecule has 29 heavy (non-hydrogen) atoms. The van der Waals surface area contributed by atoms with Crippen LogP contribution in [0, 0.1) is 11.3 Å². The van der Waals surface area contributed by atoms with Crippen LogP contribution < -0.4 is 4.90 Å². The van der Waals surface area contributed by atoms with Crippen LogP contribution in [0.4, 0.5) is 5.82 Å². The van der Waals surface area contributed by atoms with Gasteiger partial charge in [-0.1, -0.05) is 12.1 Å². The van der Waals surface area contributed by atoms with Crippen molar-refractivity contribution in [3.05, 3.63) is 54.0 Å². The molecule has 148 valence electrons. The number of aromatic amines is 1. The zero-order chi connectivity index (χ0) is 20.1. The van der Waals surface area contributed by atoms with E-state index in [9.17, 15) is 8.42 Å². The fraction of sp³-hybridized carbons (Fsp3) is 0.350. The zero-order valence-electron chi connectivity index (χ0n) is 15.7. The van der Waals surface area contributed by atoms with Crippen LogP contribution in [0.3, 0.4) is 0 Å². The van der Waals surface area contributed by atoms with Gasteiger partial charge in [0.1, 0.15) is 17.8 Å². The number of H-pyrrole nitrogens is 1. The highest BCUT2D eigenvalue weighted by Gasteiger charge is 2.55. The van der Waals surface area contributed by atoms with Gasteiger partial charge in [-0.3, -0.25) is 0 Å². The summed E-state index contributed by atoms with van der Waals surface area (Å²) in [5, 5.41) is 9.88. The normalized spacial score (nSPS) is 18.8. The lowest BCUT2D eigenvalue weighted by molar-refractivity contribution is 0.270. The maximum Gasteiger partial charge on any atom is 0.218 e. The van der Waals surface area contributed by atoms with Gasteiger partial charge < -0.3 is 9.88 Å². The molecule has 0 atom stereocenters. The predicted molar refractivity (Wildman–Crippen MR) is 109 cm³/mol. The van der Waals surface area contributed by atoms with E-state index in [1.165, 1.54) is 0 Å². The second-order valence-corrected chi connectivity index (χ2v) is 9.61. The summed E-state index contributed by atoms with van der Waals surface area (Å²) < 4.78 is 28.1. The molecule has 2 aromatic heterocycles. The first-order chi connectivity index (χ1) is 14.0. The zero-order valence-corrected chi connectivity index (χ0v) is 16.6. The number of sulfonamides is 1. The van der Waals surface area contributed by atoms with Crippen molar-refractivity contribution in [2.75, 3.05) is 24.5 Å². The van der Waals surface area contributed by atoms with Crippen molar-refractivity contribution >= 4 is 26.9 Å². The Labute approximate surface area is 168 Å². The Kier molecular flexibility index (Phi) is 4.08. The number of nitriles is 1. The van der Waals surface area contributed by atoms with Gasteiger partial charge in [0.15, 0.2) is 0 Å². The van der Waals surface area contributed by atoms with Gasteiger partial charge in [0.05, 0.1) is 28.3 Å². The minimum atomic E-state index is -3.45. The average molecular weight is 408 g/mol. The first-order valence-electron chi connectivity index (χ1n) is 9.53. The van der Waals surface area contributed by atoms with Crippen LogP contribution in [-0.2, 0) is 15.8 Å². The molecule has 5 rings (SSSR count). The lowest BCUT2D eigenvalue weighted by atomic mass is 10.1. The summed E-state index contributed by atoms with van der Waals surface area (Å²) in [6.45, 7) is 1.66. The second-order valence-electron chi connectivity index (χ2n) is 7.72. The molecule has 0 unspecified atom stereocenters. The van der Waals surface area contributed by atoms with E-state index in [-0.39, 0.29) is 11.3 Å². The fourth-order valence-corrected chi connectivity index (χ4v) is 6.16. The Morgan fingerprint density at radius 1 is 1.14 bits per heavy atom. The van der Waals surface area contributed by atoms with Crippen LogP contribution in [0.15, 0.2) is 42.9 Å². The molecular formula is C20H20N6O2S. The van der Waals surface area contributed by atoms with Gasteiger partial charge in [-0.25, -0.2) is 18.4 Å². The van der Waals surface area contributed by atoms with E-state index in [4.69, 9.17) is 5.26 Å². The second kappa shape index (κ2) is 6.54. The summed E-state index contributed by atoms with van der Waals surface area (Å²) in [6.07, 6.45) is 5.10. The Morgan fingerprint density at radius 3 is 2.66 bits per heavy atom. The number of piperazine rings is 1. The molecule has 0 amide bonds. The summed E-state index contributed by atoms with van der Waals surface area (Å²) >= 11 is 0. The number of benzene rings is 1. The van der Waals surface area contributed by atoms with Gasteiger partial charge in [-0.2, -0.15) is 9.57 Å². The predicted octanol–water partition coefficient (Wildman–Crippen LogP) is 2.01. The number of nitrogens with one attached hydrogen (secondary N) is 1. The summed E-state index contributed by atoms with van der Waals surface area (Å²) in [4.78, 5) is 14.0. The van der Waals surface area contributed by atoms with E-state index in [1.807, 2.05) is 12.3 Å². The highest BCUT2D eigenvalue weighted by molar-refractivity contribution is 7.88. The van der Waals surface area contributed by atoms with Crippen molar-refractivity contribution in [3.8, 4) is 6.07 Å². The first-order valence-corrected chi connectivity index (χ1v) is 11.1. The standard InChI is InChI=1S/C20H20N6O2S/c21-11-15-1-3-16(4-2-15)12-29(27,28)26-10-9-25(13-20(26)6-7-20)19-17-5-8-22-18(17)23-14-24-19/h1-5,8,14H,6-7,9-10,12-13H2,(H,22,23,24). The van der Waals surface area contributed by atoms with Crippen LogP contribution in [-0.4, -0.2) is 52.8 Å². The van der Waals surface area contributed by atoms with Crippen molar-refractivity contribution in [1.82, 2.24) is 19.3 Å². The summed E-state index contributed by atoms with van der Waals surface area (Å²) in [5.41, 5.74) is 1.67. The van der Waals surface area contributed by atoms with Crippen LogP contribution in [0.1, 0.15) is 24.0 Å². The SMILES string of the molecule is N#Cc1ccc(CS(=O)(=O)N2CCN(c3ncnc4[nH]ccc34)CC23CC3)cc1. The smallest absolute Gasteiger partial charge is 0.218 e. The van der Waals surface area contributed by atoms with Crippen molar-refractivity contribution in [1.29, 1.82) is 5.26 Å². The highest BCUT2D eigenvalue weighted by atomic mass is 32.2. The van der Waals surface area contributed by atoms with Gasteiger partial charge in [0.2, 0.25) is 10.0 Å². The molecule has 1 aliphatic carbocycles. The Morgan fingerprint density at radius 2 is 1.93 bits per heavy atom. The molecule has 3 heterocycles. The van der Waals surface area contributed by atoms with E-state index in [0.717, 1.165) is 29.7 Å². The number of hydrogen-bond acceptors (Lipinski definition) is 6. The first kappa shape index (κ1) is 18.1. The van der Waals surface area contributed by atoms with E-state index < -0.39 is 10.0 Å². The van der Waals surface area contributed by atoms with Gasteiger partial charge in [0, 0.05) is 25.8 Å². The maximum absolute atomic E-state index is 13.2. The van der Waals surface area contributed by atoms with Crippen LogP contribution in [0.25, 0.3) is 11.0 Å². The highest BCUT2D eigenvalue weighted by Crippen LogP contribution is 2.47. The van der Waals surface area contributed by atoms with E-state index >= 15 is 0 Å². The number of fused-ring (bicyclic) bond motifs is 1. The molecule has 1 spiro atoms. The van der Waals surface area contributed by atoms with Crippen molar-refractivity contribution in [3.63, 3.8) is 0 Å². The van der Waals surface area contributed by atoms with E-state index in [0.29, 0.717) is 30.8 Å². The van der Waals surface area contributed by atoms with E-state index in [2.05, 4.69) is 25.9 Å². The Bertz CT molecular complexity index is 1210. The van der Waals surface area contributed by atoms with Gasteiger partial charge in [-0.15, -0.1) is 0 Å². The lowest BCUT2D eigenvalue weighted by Gasteiger charge is -2.41. The van der Waals surface area contributed by atoms with Crippen LogP contribution >= 0.6 is 0 Å². The van der Waals surface area contributed by atoms with E-state index in [1.54, 1.807) is 34.9 Å². The third-order valence-electron chi connectivity index (χ3n) is 5.81. The molecule has 2 aliphatic rings. The molecule has 1 aromatic carbocycles. The van der Waals surface area contributed by atoms with Gasteiger partial charge in [-0.05, 0) is 36.6 Å². The fourth-order valence-electron chi connectivity index (χ4n) is 4.20. The number of nitrogens with zero attached hydrogens (tertiary/aromatic N) is 5. The molecule has 9 heteroatoms. The van der Waals surface area contributed by atoms with Crippen molar-refractivity contribution in [2.24, 2.45) is 0 Å². The molecule has 8 nitrogen and oxygen atoms in total. The van der Waals surface area contributed by atoms with Gasteiger partial charge in [0.25, 0.3) is 0 Å². The molecule has 1 saturated carbocycles. The monoisotopic (exact) mass is 408 g/mol. The molecule has 2 fully saturated rings. The maximum atomic E-state index is 13.2. The van der Waals surface area contributed by atoms with Crippen molar-refractivity contribution < 1.29 is 8.42 Å². The molecule has 1 N–H and O–H groups in total. The van der Waals surface area contributed by atoms with Crippen molar-refractivity contribution in [2.45, 2.75) is 24.1 Å². The van der Waals surface area contributed by atoms with Crippen LogP contribution in [0.2, 0.25) is 0 Å². The van der Waals surface area contributed by atoms with Gasteiger partial charge >= 0.3 is 0 Å². The molecule has 1 aliphatic heterocycles. The lowest BCUT2D eigenvalue weighted by Crippen LogP contribution is -2.57. The third-order valence-corrected chi connectivity index (χ3v) is 7.75. The Hall–Kier alpha value is -2.96.